The molecule has 1 aliphatic rings. The van der Waals surface area contributed by atoms with E-state index in [4.69, 9.17) is 16.3 Å². The number of nitrogens with one attached hydrogen (secondary N) is 3. The van der Waals surface area contributed by atoms with E-state index in [-0.39, 0.29) is 19.2 Å². The zero-order chi connectivity index (χ0) is 16.7. The van der Waals surface area contributed by atoms with Crippen LogP contribution in [-0.4, -0.2) is 48.5 Å². The summed E-state index contributed by atoms with van der Waals surface area (Å²) in [5, 5.41) is 15.4. The molecule has 0 atom stereocenters. The van der Waals surface area contributed by atoms with Gasteiger partial charge in [0.2, 0.25) is 0 Å². The van der Waals surface area contributed by atoms with Crippen LogP contribution in [0.15, 0.2) is 29.3 Å². The van der Waals surface area contributed by atoms with Crippen molar-refractivity contribution in [1.29, 1.82) is 0 Å². The number of aliphatic imine (C=N–C) groups is 1. The number of amides is 1. The molecule has 0 saturated heterocycles. The molecule has 124 valence electrons. The van der Waals surface area contributed by atoms with Gasteiger partial charge in [0.1, 0.15) is 6.61 Å². The van der Waals surface area contributed by atoms with Crippen molar-refractivity contribution < 1.29 is 14.6 Å². The van der Waals surface area contributed by atoms with Crippen LogP contribution in [0.1, 0.15) is 0 Å². The molecule has 1 amide bonds. The lowest BCUT2D eigenvalue weighted by molar-refractivity contribution is -0.525. The van der Waals surface area contributed by atoms with E-state index in [1.807, 2.05) is 10.3 Å². The Morgan fingerprint density at radius 3 is 2.83 bits per heavy atom. The third-order valence-electron chi connectivity index (χ3n) is 2.83. The Morgan fingerprint density at radius 2 is 2.22 bits per heavy atom. The first-order valence-corrected chi connectivity index (χ1v) is 7.02. The Labute approximate surface area is 136 Å². The van der Waals surface area contributed by atoms with Crippen molar-refractivity contribution in [3.8, 4) is 0 Å². The number of benzene rings is 1. The number of carbonyl (C=O) groups is 1. The highest BCUT2D eigenvalue weighted by molar-refractivity contribution is 6.30. The molecule has 1 aliphatic heterocycles. The number of nitro groups is 1. The highest BCUT2D eigenvalue weighted by atomic mass is 35.5. The van der Waals surface area contributed by atoms with E-state index in [0.717, 1.165) is 0 Å². The first-order valence-electron chi connectivity index (χ1n) is 6.64. The predicted octanol–water partition coefficient (Wildman–Crippen LogP) is 0.846. The molecule has 10 nitrogen and oxygen atoms in total. The molecule has 1 heterocycles. The average molecular weight is 343 g/mol. The van der Waals surface area contributed by atoms with Crippen LogP contribution in [0, 0.1) is 10.1 Å². The number of hydrogen-bond acceptors (Lipinski definition) is 7. The molecule has 0 fully saturated rings. The van der Waals surface area contributed by atoms with Gasteiger partial charge in [-0.1, -0.05) is 17.0 Å². The van der Waals surface area contributed by atoms with Gasteiger partial charge < -0.3 is 10.1 Å². The zero-order valence-corrected chi connectivity index (χ0v) is 12.7. The van der Waals surface area contributed by atoms with Crippen LogP contribution >= 0.6 is 11.6 Å². The molecule has 3 N–H and O–H groups in total. The molecule has 0 aromatic heterocycles. The summed E-state index contributed by atoms with van der Waals surface area (Å²) in [4.78, 5) is 27.6. The largest absolute Gasteiger partial charge is 0.448 e. The molecule has 2 rings (SSSR count). The van der Waals surface area contributed by atoms with Gasteiger partial charge in [-0.05, 0) is 24.3 Å². The fourth-order valence-electron chi connectivity index (χ4n) is 1.73. The third kappa shape index (κ3) is 5.96. The van der Waals surface area contributed by atoms with Gasteiger partial charge in [-0.25, -0.2) is 19.9 Å². The molecule has 23 heavy (non-hydrogen) atoms. The molecule has 0 radical (unpaired) electrons. The SMILES string of the molecule is O=C(Nc1ccc(Cl)cc1)OCCN1CN=C(N[N+](=O)[O-])NC1. The second-order valence-electron chi connectivity index (χ2n) is 4.51. The van der Waals surface area contributed by atoms with Crippen LogP contribution in [0.4, 0.5) is 10.5 Å². The number of rotatable bonds is 5. The van der Waals surface area contributed by atoms with Crippen molar-refractivity contribution in [2.45, 2.75) is 0 Å². The van der Waals surface area contributed by atoms with Crippen molar-refractivity contribution in [2.75, 3.05) is 31.8 Å². The van der Waals surface area contributed by atoms with E-state index < -0.39 is 11.1 Å². The average Bonchev–Trinajstić information content (AvgIpc) is 2.51. The highest BCUT2D eigenvalue weighted by Crippen LogP contribution is 2.13. The Morgan fingerprint density at radius 1 is 1.48 bits per heavy atom. The van der Waals surface area contributed by atoms with E-state index in [1.165, 1.54) is 0 Å². The summed E-state index contributed by atoms with van der Waals surface area (Å²) >= 11 is 5.75. The van der Waals surface area contributed by atoms with Gasteiger partial charge >= 0.3 is 6.09 Å². The van der Waals surface area contributed by atoms with Gasteiger partial charge in [0.05, 0.1) is 13.3 Å². The number of carbonyl (C=O) groups excluding carboxylic acids is 1. The minimum atomic E-state index is -0.689. The fraction of sp³-hybridized carbons (Fsp3) is 0.333. The number of ether oxygens (including phenoxy) is 1. The zero-order valence-electron chi connectivity index (χ0n) is 12.0. The van der Waals surface area contributed by atoms with Gasteiger partial charge in [0, 0.05) is 17.3 Å². The fourth-order valence-corrected chi connectivity index (χ4v) is 1.86. The molecular formula is C12H15ClN6O4. The molecule has 1 aromatic rings. The Hall–Kier alpha value is -2.59. The summed E-state index contributed by atoms with van der Waals surface area (Å²) in [5.41, 5.74) is 2.52. The smallest absolute Gasteiger partial charge is 0.411 e. The van der Waals surface area contributed by atoms with Crippen molar-refractivity contribution in [3.05, 3.63) is 39.4 Å². The van der Waals surface area contributed by atoms with Crippen LogP contribution in [0.3, 0.4) is 0 Å². The molecular weight excluding hydrogens is 328 g/mol. The van der Waals surface area contributed by atoms with Crippen LogP contribution in [0.5, 0.6) is 0 Å². The molecule has 0 unspecified atom stereocenters. The maximum Gasteiger partial charge on any atom is 0.411 e. The van der Waals surface area contributed by atoms with Crippen molar-refractivity contribution in [1.82, 2.24) is 15.6 Å². The number of hydrogen-bond donors (Lipinski definition) is 3. The van der Waals surface area contributed by atoms with Crippen molar-refractivity contribution in [3.63, 3.8) is 0 Å². The maximum absolute atomic E-state index is 11.6. The highest BCUT2D eigenvalue weighted by Gasteiger charge is 2.15. The summed E-state index contributed by atoms with van der Waals surface area (Å²) in [6.07, 6.45) is -0.573. The lowest BCUT2D eigenvalue weighted by Crippen LogP contribution is -2.50. The van der Waals surface area contributed by atoms with E-state index in [0.29, 0.717) is 23.9 Å². The standard InChI is InChI=1S/C12H15ClN6O4/c13-9-1-3-10(4-2-9)16-12(20)23-6-5-18-7-14-11(15-8-18)17-19(21)22/h1-4H,5-8H2,(H,16,20)(H2,14,15,17). The molecule has 1 aromatic carbocycles. The Balaban J connectivity index is 1.65. The summed E-state index contributed by atoms with van der Waals surface area (Å²) in [6, 6.07) is 6.64. The summed E-state index contributed by atoms with van der Waals surface area (Å²) < 4.78 is 5.05. The lowest BCUT2D eigenvalue weighted by Gasteiger charge is -2.24. The van der Waals surface area contributed by atoms with Gasteiger partial charge in [0.25, 0.3) is 5.96 Å². The Kier molecular flexibility index (Phi) is 5.94. The summed E-state index contributed by atoms with van der Waals surface area (Å²) in [6.45, 7) is 1.23. The number of guanidine groups is 1. The normalized spacial score (nSPS) is 14.4. The van der Waals surface area contributed by atoms with Gasteiger partial charge in [-0.3, -0.25) is 10.2 Å². The van der Waals surface area contributed by atoms with Crippen LogP contribution in [0.2, 0.25) is 5.02 Å². The van der Waals surface area contributed by atoms with Gasteiger partial charge in [-0.2, -0.15) is 0 Å². The number of halogens is 1. The summed E-state index contributed by atoms with van der Waals surface area (Å²) in [5.74, 6) is 0.104. The van der Waals surface area contributed by atoms with Crippen LogP contribution < -0.4 is 16.1 Å². The summed E-state index contributed by atoms with van der Waals surface area (Å²) in [7, 11) is 0. The number of anilines is 1. The number of hydrazine groups is 1. The van der Waals surface area contributed by atoms with Gasteiger partial charge in [0.15, 0.2) is 5.03 Å². The van der Waals surface area contributed by atoms with Gasteiger partial charge in [-0.15, -0.1) is 0 Å². The molecule has 0 spiro atoms. The minimum Gasteiger partial charge on any atom is -0.448 e. The van der Waals surface area contributed by atoms with Crippen molar-refractivity contribution in [2.24, 2.45) is 4.99 Å². The topological polar surface area (TPSA) is 121 Å². The first kappa shape index (κ1) is 16.8. The Bertz CT molecular complexity index is 594. The molecule has 0 saturated carbocycles. The minimum absolute atomic E-state index is 0.104. The maximum atomic E-state index is 11.6. The quantitative estimate of drug-likeness (QED) is 0.535. The third-order valence-corrected chi connectivity index (χ3v) is 3.08. The lowest BCUT2D eigenvalue weighted by atomic mass is 10.3. The van der Waals surface area contributed by atoms with Crippen molar-refractivity contribution >= 4 is 29.3 Å². The van der Waals surface area contributed by atoms with Crippen LogP contribution in [0.25, 0.3) is 0 Å². The monoisotopic (exact) mass is 342 g/mol. The predicted molar refractivity (Wildman–Crippen MR) is 83.6 cm³/mol. The number of nitrogens with zero attached hydrogens (tertiary/aromatic N) is 3. The van der Waals surface area contributed by atoms with E-state index in [9.17, 15) is 14.9 Å². The first-order chi connectivity index (χ1) is 11.0. The van der Waals surface area contributed by atoms with E-state index in [1.54, 1.807) is 24.3 Å². The molecule has 11 heteroatoms. The van der Waals surface area contributed by atoms with Crippen LogP contribution in [-0.2, 0) is 4.74 Å². The second kappa shape index (κ2) is 8.15. The molecule has 0 bridgehead atoms. The van der Waals surface area contributed by atoms with E-state index in [2.05, 4.69) is 15.6 Å². The van der Waals surface area contributed by atoms with E-state index >= 15 is 0 Å². The second-order valence-corrected chi connectivity index (χ2v) is 4.95. The molecule has 0 aliphatic carbocycles.